The van der Waals surface area contributed by atoms with Gasteiger partial charge in [-0.3, -0.25) is 9.59 Å². The number of carbonyl (C=O) groups excluding carboxylic acids is 2. The van der Waals surface area contributed by atoms with Gasteiger partial charge in [0, 0.05) is 23.2 Å². The molecule has 2 atom stereocenters. The molecule has 3 rings (SSSR count). The van der Waals surface area contributed by atoms with Gasteiger partial charge in [-0.15, -0.1) is 0 Å². The molecule has 4 heteroatoms. The van der Waals surface area contributed by atoms with Crippen molar-refractivity contribution in [3.8, 4) is 0 Å². The first-order chi connectivity index (χ1) is 9.13. The molecule has 2 aliphatic rings. The quantitative estimate of drug-likeness (QED) is 0.872. The van der Waals surface area contributed by atoms with E-state index in [1.807, 2.05) is 24.3 Å². The summed E-state index contributed by atoms with van der Waals surface area (Å²) in [6, 6.07) is 7.30. The summed E-state index contributed by atoms with van der Waals surface area (Å²) < 4.78 is 0. The Bertz CT molecular complexity index is 505. The highest BCUT2D eigenvalue weighted by atomic mass is 16.2. The zero-order valence-electron chi connectivity index (χ0n) is 11.0. The number of anilines is 2. The Kier molecular flexibility index (Phi) is 3.01. The van der Waals surface area contributed by atoms with Crippen LogP contribution in [0.25, 0.3) is 0 Å². The van der Waals surface area contributed by atoms with Gasteiger partial charge in [0.05, 0.1) is 0 Å². The highest BCUT2D eigenvalue weighted by Crippen LogP contribution is 2.38. The van der Waals surface area contributed by atoms with Crippen LogP contribution in [0.1, 0.15) is 26.2 Å². The maximum atomic E-state index is 11.8. The fourth-order valence-corrected chi connectivity index (χ4v) is 2.15. The van der Waals surface area contributed by atoms with Gasteiger partial charge >= 0.3 is 0 Å². The highest BCUT2D eigenvalue weighted by Gasteiger charge is 2.39. The van der Waals surface area contributed by atoms with E-state index in [4.69, 9.17) is 0 Å². The molecule has 2 fully saturated rings. The van der Waals surface area contributed by atoms with Crippen LogP contribution in [-0.4, -0.2) is 11.8 Å². The van der Waals surface area contributed by atoms with Gasteiger partial charge in [0.2, 0.25) is 11.8 Å². The minimum Gasteiger partial charge on any atom is -0.326 e. The topological polar surface area (TPSA) is 58.2 Å². The van der Waals surface area contributed by atoms with Gasteiger partial charge in [0.1, 0.15) is 0 Å². The van der Waals surface area contributed by atoms with Crippen LogP contribution in [0.3, 0.4) is 0 Å². The highest BCUT2D eigenvalue weighted by molar-refractivity contribution is 5.96. The second kappa shape index (κ2) is 4.68. The predicted molar refractivity (Wildman–Crippen MR) is 73.7 cm³/mol. The van der Waals surface area contributed by atoms with E-state index in [1.54, 1.807) is 0 Å². The summed E-state index contributed by atoms with van der Waals surface area (Å²) in [6.45, 7) is 2.08. The van der Waals surface area contributed by atoms with E-state index in [1.165, 1.54) is 0 Å². The average molecular weight is 258 g/mol. The molecule has 2 N–H and O–H groups in total. The molecule has 4 nitrogen and oxygen atoms in total. The first kappa shape index (κ1) is 12.2. The zero-order chi connectivity index (χ0) is 13.4. The molecule has 100 valence electrons. The van der Waals surface area contributed by atoms with E-state index in [9.17, 15) is 9.59 Å². The van der Waals surface area contributed by atoms with Crippen molar-refractivity contribution in [1.82, 2.24) is 0 Å². The number of carbonyl (C=O) groups is 2. The van der Waals surface area contributed by atoms with Crippen LogP contribution in [0.2, 0.25) is 0 Å². The Morgan fingerprint density at radius 2 is 1.47 bits per heavy atom. The lowest BCUT2D eigenvalue weighted by molar-refractivity contribution is -0.118. The Morgan fingerprint density at radius 1 is 1.00 bits per heavy atom. The normalized spacial score (nSPS) is 24.7. The molecule has 19 heavy (non-hydrogen) atoms. The first-order valence-corrected chi connectivity index (χ1v) is 6.85. The molecular formula is C15H18N2O2. The van der Waals surface area contributed by atoms with Crippen molar-refractivity contribution in [2.24, 2.45) is 17.8 Å². The molecule has 0 bridgehead atoms. The molecule has 2 aliphatic carbocycles. The van der Waals surface area contributed by atoms with Crippen LogP contribution in [0, 0.1) is 17.8 Å². The summed E-state index contributed by atoms with van der Waals surface area (Å²) in [7, 11) is 0. The Morgan fingerprint density at radius 3 is 1.89 bits per heavy atom. The van der Waals surface area contributed by atoms with E-state index in [2.05, 4.69) is 17.6 Å². The fraction of sp³-hybridized carbons (Fsp3) is 0.467. The first-order valence-electron chi connectivity index (χ1n) is 6.85. The molecule has 0 unspecified atom stereocenters. The molecule has 0 saturated heterocycles. The molecule has 1 aromatic rings. The van der Waals surface area contributed by atoms with Crippen LogP contribution in [0.4, 0.5) is 11.4 Å². The van der Waals surface area contributed by atoms with Gasteiger partial charge in [-0.25, -0.2) is 0 Å². The predicted octanol–water partition coefficient (Wildman–Crippen LogP) is 2.63. The lowest BCUT2D eigenvalue weighted by atomic mass is 10.2. The number of benzene rings is 1. The monoisotopic (exact) mass is 258 g/mol. The van der Waals surface area contributed by atoms with Gasteiger partial charge in [-0.05, 0) is 49.4 Å². The number of amides is 2. The van der Waals surface area contributed by atoms with Gasteiger partial charge in [-0.2, -0.15) is 0 Å². The van der Waals surface area contributed by atoms with Crippen molar-refractivity contribution in [3.05, 3.63) is 24.3 Å². The standard InChI is InChI=1S/C15H18N2O2/c1-9-8-13(9)15(19)17-12-6-4-11(5-7-12)16-14(18)10-2-3-10/h4-7,9-10,13H,2-3,8H2,1H3,(H,16,18)(H,17,19)/t9-,13+/m1/s1. The lowest BCUT2D eigenvalue weighted by Crippen LogP contribution is -2.15. The molecule has 1 aromatic carbocycles. The van der Waals surface area contributed by atoms with Crippen molar-refractivity contribution >= 4 is 23.2 Å². The number of rotatable bonds is 4. The average Bonchev–Trinajstić information content (AvgIpc) is 3.25. The molecule has 2 amide bonds. The Hall–Kier alpha value is -1.84. The largest absolute Gasteiger partial charge is 0.326 e. The van der Waals surface area contributed by atoms with Crippen molar-refractivity contribution in [2.45, 2.75) is 26.2 Å². The van der Waals surface area contributed by atoms with Crippen LogP contribution in [0.15, 0.2) is 24.3 Å². The van der Waals surface area contributed by atoms with Gasteiger partial charge < -0.3 is 10.6 Å². The summed E-state index contributed by atoms with van der Waals surface area (Å²) >= 11 is 0. The minimum absolute atomic E-state index is 0.0993. The summed E-state index contributed by atoms with van der Waals surface area (Å²) in [4.78, 5) is 23.4. The minimum atomic E-state index is 0.0993. The van der Waals surface area contributed by atoms with Gasteiger partial charge in [-0.1, -0.05) is 6.92 Å². The van der Waals surface area contributed by atoms with E-state index in [0.717, 1.165) is 30.6 Å². The van der Waals surface area contributed by atoms with Crippen molar-refractivity contribution < 1.29 is 9.59 Å². The molecule has 2 saturated carbocycles. The Labute approximate surface area is 112 Å². The van der Waals surface area contributed by atoms with Crippen LogP contribution in [0.5, 0.6) is 0 Å². The molecule has 0 aromatic heterocycles. The number of hydrogen-bond acceptors (Lipinski definition) is 2. The summed E-state index contributed by atoms with van der Waals surface area (Å²) in [5.74, 6) is 1.09. The molecular weight excluding hydrogens is 240 g/mol. The summed E-state index contributed by atoms with van der Waals surface area (Å²) in [6.07, 6.45) is 2.99. The maximum Gasteiger partial charge on any atom is 0.227 e. The summed E-state index contributed by atoms with van der Waals surface area (Å²) in [5, 5.41) is 5.77. The van der Waals surface area contributed by atoms with Crippen LogP contribution < -0.4 is 10.6 Å². The molecule has 0 aliphatic heterocycles. The van der Waals surface area contributed by atoms with E-state index in [-0.39, 0.29) is 23.7 Å². The van der Waals surface area contributed by atoms with Gasteiger partial charge in [0.25, 0.3) is 0 Å². The van der Waals surface area contributed by atoms with Crippen molar-refractivity contribution in [3.63, 3.8) is 0 Å². The second-order valence-corrected chi connectivity index (χ2v) is 5.65. The molecule has 0 radical (unpaired) electrons. The number of nitrogens with one attached hydrogen (secondary N) is 2. The van der Waals surface area contributed by atoms with Gasteiger partial charge in [0.15, 0.2) is 0 Å². The maximum absolute atomic E-state index is 11.8. The summed E-state index contributed by atoms with van der Waals surface area (Å²) in [5.41, 5.74) is 1.57. The second-order valence-electron chi connectivity index (χ2n) is 5.65. The third-order valence-electron chi connectivity index (χ3n) is 3.81. The zero-order valence-corrected chi connectivity index (χ0v) is 11.0. The third-order valence-corrected chi connectivity index (χ3v) is 3.81. The third kappa shape index (κ3) is 2.95. The smallest absolute Gasteiger partial charge is 0.227 e. The molecule has 0 spiro atoms. The van der Waals surface area contributed by atoms with E-state index in [0.29, 0.717) is 5.92 Å². The van der Waals surface area contributed by atoms with Crippen molar-refractivity contribution in [1.29, 1.82) is 0 Å². The lowest BCUT2D eigenvalue weighted by Gasteiger charge is -2.07. The number of hydrogen-bond donors (Lipinski definition) is 2. The fourth-order valence-electron chi connectivity index (χ4n) is 2.15. The van der Waals surface area contributed by atoms with Crippen LogP contribution in [-0.2, 0) is 9.59 Å². The van der Waals surface area contributed by atoms with E-state index >= 15 is 0 Å². The molecule has 0 heterocycles. The SMILES string of the molecule is C[C@@H]1C[C@@H]1C(=O)Nc1ccc(NC(=O)C2CC2)cc1. The van der Waals surface area contributed by atoms with Crippen LogP contribution >= 0.6 is 0 Å². The van der Waals surface area contributed by atoms with Crippen molar-refractivity contribution in [2.75, 3.05) is 10.6 Å². The Balaban J connectivity index is 1.55. The van der Waals surface area contributed by atoms with E-state index < -0.39 is 0 Å².